The first kappa shape index (κ1) is 8.76. The van der Waals surface area contributed by atoms with Gasteiger partial charge >= 0.3 is 0 Å². The highest BCUT2D eigenvalue weighted by Crippen LogP contribution is 2.18. The smallest absolute Gasteiger partial charge is 0.223 e. The van der Waals surface area contributed by atoms with E-state index < -0.39 is 0 Å². The molecule has 0 bridgehead atoms. The molecule has 2 rings (SSSR count). The molecule has 0 aromatic carbocycles. The zero-order valence-corrected chi connectivity index (χ0v) is 8.08. The van der Waals surface area contributed by atoms with Crippen molar-refractivity contribution in [1.29, 1.82) is 0 Å². The van der Waals surface area contributed by atoms with Gasteiger partial charge in [0.2, 0.25) is 5.95 Å². The van der Waals surface area contributed by atoms with Crippen molar-refractivity contribution in [2.24, 2.45) is 0 Å². The van der Waals surface area contributed by atoms with E-state index in [1.54, 1.807) is 17.4 Å². The van der Waals surface area contributed by atoms with E-state index in [0.29, 0.717) is 11.6 Å². The molecule has 0 spiro atoms. The molecule has 6 heteroatoms. The summed E-state index contributed by atoms with van der Waals surface area (Å²) in [4.78, 5) is 7.76. The van der Waals surface area contributed by atoms with Crippen LogP contribution >= 0.6 is 11.3 Å². The Morgan fingerprint density at radius 2 is 2.14 bits per heavy atom. The quantitative estimate of drug-likeness (QED) is 0.693. The van der Waals surface area contributed by atoms with Crippen molar-refractivity contribution in [3.63, 3.8) is 0 Å². The van der Waals surface area contributed by atoms with Gasteiger partial charge in [-0.15, -0.1) is 0 Å². The zero-order valence-electron chi connectivity index (χ0n) is 7.27. The zero-order chi connectivity index (χ0) is 9.97. The monoisotopic (exact) mass is 207 g/mol. The third-order valence-electron chi connectivity index (χ3n) is 1.56. The maximum Gasteiger partial charge on any atom is 0.223 e. The Balaban J connectivity index is 2.25. The van der Waals surface area contributed by atoms with E-state index in [-0.39, 0.29) is 5.95 Å². The Morgan fingerprint density at radius 3 is 2.79 bits per heavy atom. The largest absolute Gasteiger partial charge is 0.383 e. The van der Waals surface area contributed by atoms with Crippen LogP contribution in [0.5, 0.6) is 0 Å². The topological polar surface area (TPSA) is 89.8 Å². The Kier molecular flexibility index (Phi) is 2.19. The van der Waals surface area contributed by atoms with Crippen molar-refractivity contribution in [2.45, 2.75) is 0 Å². The van der Waals surface area contributed by atoms with Gasteiger partial charge in [-0.05, 0) is 11.4 Å². The number of nitrogens with one attached hydrogen (secondary N) is 1. The third-order valence-corrected chi connectivity index (χ3v) is 2.24. The fourth-order valence-corrected chi connectivity index (χ4v) is 1.62. The van der Waals surface area contributed by atoms with Crippen LogP contribution in [0.25, 0.3) is 0 Å². The van der Waals surface area contributed by atoms with Crippen molar-refractivity contribution in [3.8, 4) is 0 Å². The third kappa shape index (κ3) is 1.91. The molecule has 0 atom stereocenters. The molecule has 5 nitrogen and oxygen atoms in total. The van der Waals surface area contributed by atoms with Crippen LogP contribution in [0.3, 0.4) is 0 Å². The first-order valence-corrected chi connectivity index (χ1v) is 4.87. The Morgan fingerprint density at radius 1 is 1.29 bits per heavy atom. The molecule has 0 aliphatic rings. The molecule has 5 N–H and O–H groups in total. The lowest BCUT2D eigenvalue weighted by molar-refractivity contribution is 1.19. The number of thiophene rings is 1. The number of hydrogen-bond acceptors (Lipinski definition) is 6. The van der Waals surface area contributed by atoms with Crippen LogP contribution in [0.4, 0.5) is 23.3 Å². The Labute approximate surface area is 84.8 Å². The van der Waals surface area contributed by atoms with E-state index in [9.17, 15) is 0 Å². The lowest BCUT2D eigenvalue weighted by Gasteiger charge is -2.03. The standard InChI is InChI=1S/C8H9N5S/c9-6-3-7(13-8(10)12-6)11-5-1-2-14-4-5/h1-4H,(H5,9,10,11,12,13). The summed E-state index contributed by atoms with van der Waals surface area (Å²) in [5.74, 6) is 1.13. The first-order chi connectivity index (χ1) is 6.74. The van der Waals surface area contributed by atoms with Crippen LogP contribution in [0.2, 0.25) is 0 Å². The molecule has 0 aliphatic heterocycles. The van der Waals surface area contributed by atoms with Crippen LogP contribution in [0.15, 0.2) is 22.9 Å². The number of nitrogen functional groups attached to an aromatic ring is 2. The lowest BCUT2D eigenvalue weighted by atomic mass is 10.4. The molecule has 2 aromatic rings. The number of aromatic nitrogens is 2. The molecular weight excluding hydrogens is 198 g/mol. The van der Waals surface area contributed by atoms with Gasteiger partial charge in [-0.1, -0.05) is 0 Å². The van der Waals surface area contributed by atoms with Gasteiger partial charge in [0.05, 0.1) is 5.69 Å². The lowest BCUT2D eigenvalue weighted by Crippen LogP contribution is -2.02. The summed E-state index contributed by atoms with van der Waals surface area (Å²) in [7, 11) is 0. The van der Waals surface area contributed by atoms with Gasteiger partial charge < -0.3 is 16.8 Å². The summed E-state index contributed by atoms with van der Waals surface area (Å²) in [6.45, 7) is 0. The number of rotatable bonds is 2. The van der Waals surface area contributed by atoms with E-state index in [4.69, 9.17) is 11.5 Å². The van der Waals surface area contributed by atoms with Gasteiger partial charge in [-0.3, -0.25) is 0 Å². The molecular formula is C8H9N5S. The average Bonchev–Trinajstić information content (AvgIpc) is 2.54. The second-order valence-corrected chi connectivity index (χ2v) is 3.45. The number of hydrogen-bond donors (Lipinski definition) is 3. The molecule has 0 unspecified atom stereocenters. The summed E-state index contributed by atoms with van der Waals surface area (Å²) in [6, 6.07) is 3.58. The van der Waals surface area contributed by atoms with Crippen molar-refractivity contribution < 1.29 is 0 Å². The summed E-state index contributed by atoms with van der Waals surface area (Å²) in [6.07, 6.45) is 0. The molecule has 0 amide bonds. The van der Waals surface area contributed by atoms with Crippen LogP contribution < -0.4 is 16.8 Å². The van der Waals surface area contributed by atoms with Crippen molar-refractivity contribution >= 4 is 34.6 Å². The van der Waals surface area contributed by atoms with E-state index in [1.807, 2.05) is 16.8 Å². The van der Waals surface area contributed by atoms with E-state index in [1.165, 1.54) is 0 Å². The summed E-state index contributed by atoms with van der Waals surface area (Å²) < 4.78 is 0. The number of nitrogens with two attached hydrogens (primary N) is 2. The molecule has 0 saturated carbocycles. The van der Waals surface area contributed by atoms with Crippen LogP contribution in [0, 0.1) is 0 Å². The maximum atomic E-state index is 5.52. The molecule has 2 aromatic heterocycles. The predicted octanol–water partition coefficient (Wildman–Crippen LogP) is 1.45. The Bertz CT molecular complexity index is 405. The summed E-state index contributed by atoms with van der Waals surface area (Å²) >= 11 is 1.60. The molecule has 0 radical (unpaired) electrons. The van der Waals surface area contributed by atoms with Crippen molar-refractivity contribution in [3.05, 3.63) is 22.9 Å². The van der Waals surface area contributed by atoms with Crippen LogP contribution in [-0.4, -0.2) is 9.97 Å². The number of nitrogens with zero attached hydrogens (tertiary/aromatic N) is 2. The van der Waals surface area contributed by atoms with Crippen molar-refractivity contribution in [2.75, 3.05) is 16.8 Å². The van der Waals surface area contributed by atoms with Gasteiger partial charge in [0.1, 0.15) is 11.6 Å². The number of anilines is 4. The first-order valence-electron chi connectivity index (χ1n) is 3.93. The predicted molar refractivity (Wildman–Crippen MR) is 58.5 cm³/mol. The van der Waals surface area contributed by atoms with Crippen LogP contribution in [-0.2, 0) is 0 Å². The van der Waals surface area contributed by atoms with Gasteiger partial charge in [0.15, 0.2) is 0 Å². The minimum absolute atomic E-state index is 0.169. The second-order valence-electron chi connectivity index (χ2n) is 2.67. The molecule has 0 fully saturated rings. The van der Waals surface area contributed by atoms with Gasteiger partial charge in [-0.2, -0.15) is 21.3 Å². The second kappa shape index (κ2) is 3.51. The minimum Gasteiger partial charge on any atom is -0.383 e. The molecule has 72 valence electrons. The van der Waals surface area contributed by atoms with E-state index in [2.05, 4.69) is 15.3 Å². The fraction of sp³-hybridized carbons (Fsp3) is 0. The van der Waals surface area contributed by atoms with Crippen molar-refractivity contribution in [1.82, 2.24) is 9.97 Å². The average molecular weight is 207 g/mol. The minimum atomic E-state index is 0.169. The molecule has 0 saturated heterocycles. The Hall–Kier alpha value is -1.82. The highest BCUT2D eigenvalue weighted by atomic mass is 32.1. The fourth-order valence-electron chi connectivity index (χ4n) is 1.03. The van der Waals surface area contributed by atoms with Crippen LogP contribution in [0.1, 0.15) is 0 Å². The van der Waals surface area contributed by atoms with E-state index in [0.717, 1.165) is 5.69 Å². The van der Waals surface area contributed by atoms with Gasteiger partial charge in [0.25, 0.3) is 0 Å². The molecule has 14 heavy (non-hydrogen) atoms. The SMILES string of the molecule is Nc1cc(Nc2ccsc2)nc(N)n1. The normalized spacial score (nSPS) is 10.0. The summed E-state index contributed by atoms with van der Waals surface area (Å²) in [5.41, 5.74) is 11.9. The molecule has 0 aliphatic carbocycles. The van der Waals surface area contributed by atoms with Gasteiger partial charge in [0, 0.05) is 11.4 Å². The summed E-state index contributed by atoms with van der Waals surface area (Å²) in [5, 5.41) is 7.00. The van der Waals surface area contributed by atoms with Gasteiger partial charge in [-0.25, -0.2) is 0 Å². The molecule has 2 heterocycles. The van der Waals surface area contributed by atoms with E-state index >= 15 is 0 Å². The maximum absolute atomic E-state index is 5.52. The highest BCUT2D eigenvalue weighted by molar-refractivity contribution is 7.08. The highest BCUT2D eigenvalue weighted by Gasteiger charge is 1.99.